The monoisotopic (exact) mass is 400 g/mol. The molecule has 2 N–H and O–H groups in total. The number of amides is 2. The number of para-hydroxylation sites is 1. The first-order valence-corrected chi connectivity index (χ1v) is 9.73. The van der Waals surface area contributed by atoms with Gasteiger partial charge in [0.05, 0.1) is 36.2 Å². The summed E-state index contributed by atoms with van der Waals surface area (Å²) in [6.07, 6.45) is 5.93. The van der Waals surface area contributed by atoms with Crippen molar-refractivity contribution in [2.24, 2.45) is 0 Å². The smallest absolute Gasteiger partial charge is 0.320 e. The van der Waals surface area contributed by atoms with Gasteiger partial charge in [0.2, 0.25) is 0 Å². The normalized spacial score (nSPS) is 15.3. The number of ether oxygens (including phenoxy) is 1. The molecule has 4 heterocycles. The maximum absolute atomic E-state index is 12.6. The Bertz CT molecular complexity index is 1240. The minimum atomic E-state index is -0.305. The van der Waals surface area contributed by atoms with E-state index in [9.17, 15) is 4.79 Å². The van der Waals surface area contributed by atoms with Gasteiger partial charge in [-0.1, -0.05) is 18.2 Å². The number of fused-ring (bicyclic) bond motifs is 2. The number of hydrogen-bond donors (Lipinski definition) is 2. The molecule has 0 spiro atoms. The van der Waals surface area contributed by atoms with E-state index in [1.807, 2.05) is 49.4 Å². The standard InChI is InChI=1S/C22H20N6O2/c1-14-10-16(6-8-23-14)28-19-13-24-21(11-15(19)12-25-28)27-22(29)26-18-7-9-30-20-5-3-2-4-17(18)20/h2-6,8,10-13,18H,7,9H2,1H3,(H2,24,26,27,29). The number of urea groups is 1. The Morgan fingerprint density at radius 3 is 2.97 bits per heavy atom. The molecule has 30 heavy (non-hydrogen) atoms. The molecule has 1 unspecified atom stereocenters. The second-order valence-electron chi connectivity index (χ2n) is 7.17. The molecule has 0 saturated heterocycles. The summed E-state index contributed by atoms with van der Waals surface area (Å²) in [4.78, 5) is 21.2. The molecule has 150 valence electrons. The number of benzene rings is 1. The average molecular weight is 400 g/mol. The molecule has 1 aliphatic heterocycles. The molecule has 5 rings (SSSR count). The fraction of sp³-hybridized carbons (Fsp3) is 0.182. The number of nitrogens with zero attached hydrogens (tertiary/aromatic N) is 4. The van der Waals surface area contributed by atoms with Crippen molar-refractivity contribution in [3.05, 3.63) is 72.3 Å². The number of carbonyl (C=O) groups is 1. The van der Waals surface area contributed by atoms with E-state index in [1.54, 1.807) is 23.3 Å². The molecule has 8 nitrogen and oxygen atoms in total. The van der Waals surface area contributed by atoms with Crippen LogP contribution in [0.25, 0.3) is 16.6 Å². The highest BCUT2D eigenvalue weighted by Crippen LogP contribution is 2.31. The fourth-order valence-corrected chi connectivity index (χ4v) is 3.67. The third-order valence-corrected chi connectivity index (χ3v) is 5.08. The lowest BCUT2D eigenvalue weighted by atomic mass is 10.0. The van der Waals surface area contributed by atoms with Crippen LogP contribution in [0.2, 0.25) is 0 Å². The van der Waals surface area contributed by atoms with Crippen LogP contribution in [0.3, 0.4) is 0 Å². The minimum absolute atomic E-state index is 0.101. The van der Waals surface area contributed by atoms with E-state index >= 15 is 0 Å². The molecule has 0 fully saturated rings. The summed E-state index contributed by atoms with van der Waals surface area (Å²) in [6.45, 7) is 2.50. The summed E-state index contributed by atoms with van der Waals surface area (Å²) in [5, 5.41) is 11.2. The Kier molecular flexibility index (Phi) is 4.51. The van der Waals surface area contributed by atoms with Gasteiger partial charge in [0.15, 0.2) is 0 Å². The Morgan fingerprint density at radius 1 is 1.17 bits per heavy atom. The lowest BCUT2D eigenvalue weighted by molar-refractivity contribution is 0.232. The van der Waals surface area contributed by atoms with Crippen molar-refractivity contribution in [2.45, 2.75) is 19.4 Å². The predicted octanol–water partition coefficient (Wildman–Crippen LogP) is 3.77. The summed E-state index contributed by atoms with van der Waals surface area (Å²) in [6, 6.07) is 13.0. The van der Waals surface area contributed by atoms with Crippen molar-refractivity contribution in [1.82, 2.24) is 25.1 Å². The van der Waals surface area contributed by atoms with Crippen molar-refractivity contribution >= 4 is 22.8 Å². The molecule has 8 heteroatoms. The summed E-state index contributed by atoms with van der Waals surface area (Å²) in [5.41, 5.74) is 3.66. The Hall–Kier alpha value is -3.94. The predicted molar refractivity (Wildman–Crippen MR) is 113 cm³/mol. The highest BCUT2D eigenvalue weighted by Gasteiger charge is 2.22. The minimum Gasteiger partial charge on any atom is -0.493 e. The van der Waals surface area contributed by atoms with Crippen LogP contribution in [0.1, 0.15) is 23.7 Å². The van der Waals surface area contributed by atoms with Gasteiger partial charge in [-0.05, 0) is 31.2 Å². The molecular formula is C22H20N6O2. The van der Waals surface area contributed by atoms with Crippen molar-refractivity contribution in [1.29, 1.82) is 0 Å². The fourth-order valence-electron chi connectivity index (χ4n) is 3.67. The second-order valence-corrected chi connectivity index (χ2v) is 7.17. The third-order valence-electron chi connectivity index (χ3n) is 5.08. The Balaban J connectivity index is 1.33. The number of aromatic nitrogens is 4. The van der Waals surface area contributed by atoms with Crippen LogP contribution >= 0.6 is 0 Å². The van der Waals surface area contributed by atoms with E-state index in [1.165, 1.54) is 0 Å². The van der Waals surface area contributed by atoms with Crippen LogP contribution in [-0.2, 0) is 0 Å². The van der Waals surface area contributed by atoms with E-state index in [-0.39, 0.29) is 12.1 Å². The molecule has 0 aliphatic carbocycles. The highest BCUT2D eigenvalue weighted by atomic mass is 16.5. The van der Waals surface area contributed by atoms with Gasteiger partial charge in [-0.15, -0.1) is 0 Å². The first-order chi connectivity index (χ1) is 14.7. The summed E-state index contributed by atoms with van der Waals surface area (Å²) < 4.78 is 7.46. The molecule has 4 aromatic rings. The Labute approximate surface area is 172 Å². The number of anilines is 1. The van der Waals surface area contributed by atoms with Gasteiger partial charge in [0.1, 0.15) is 11.6 Å². The van der Waals surface area contributed by atoms with Gasteiger partial charge in [-0.25, -0.2) is 14.5 Å². The topological polar surface area (TPSA) is 94.0 Å². The van der Waals surface area contributed by atoms with Gasteiger partial charge in [-0.2, -0.15) is 5.10 Å². The molecule has 1 atom stereocenters. The van der Waals surface area contributed by atoms with E-state index in [2.05, 4.69) is 25.7 Å². The largest absolute Gasteiger partial charge is 0.493 e. The quantitative estimate of drug-likeness (QED) is 0.546. The number of aryl methyl sites for hydroxylation is 1. The lowest BCUT2D eigenvalue weighted by Crippen LogP contribution is -2.35. The first kappa shape index (κ1) is 18.1. The lowest BCUT2D eigenvalue weighted by Gasteiger charge is -2.26. The summed E-state index contributed by atoms with van der Waals surface area (Å²) in [5.74, 6) is 1.28. The van der Waals surface area contributed by atoms with E-state index in [0.29, 0.717) is 12.4 Å². The van der Waals surface area contributed by atoms with Crippen LogP contribution in [0.4, 0.5) is 10.6 Å². The molecular weight excluding hydrogens is 380 g/mol. The van der Waals surface area contributed by atoms with Crippen LogP contribution in [0.5, 0.6) is 5.75 Å². The van der Waals surface area contributed by atoms with Crippen LogP contribution in [-0.4, -0.2) is 32.4 Å². The van der Waals surface area contributed by atoms with Crippen LogP contribution < -0.4 is 15.4 Å². The molecule has 3 aromatic heterocycles. The molecule has 0 bridgehead atoms. The SMILES string of the molecule is Cc1cc(-n2ncc3cc(NC(=O)NC4CCOc5ccccc54)ncc32)ccn1. The number of rotatable bonds is 3. The highest BCUT2D eigenvalue weighted by molar-refractivity contribution is 5.91. The average Bonchev–Trinajstić information content (AvgIpc) is 3.17. The van der Waals surface area contributed by atoms with E-state index < -0.39 is 0 Å². The van der Waals surface area contributed by atoms with Gasteiger partial charge >= 0.3 is 6.03 Å². The number of nitrogens with one attached hydrogen (secondary N) is 2. The first-order valence-electron chi connectivity index (χ1n) is 9.73. The summed E-state index contributed by atoms with van der Waals surface area (Å²) >= 11 is 0. The van der Waals surface area contributed by atoms with Crippen molar-refractivity contribution in [3.8, 4) is 11.4 Å². The van der Waals surface area contributed by atoms with Crippen molar-refractivity contribution in [2.75, 3.05) is 11.9 Å². The van der Waals surface area contributed by atoms with Crippen molar-refractivity contribution in [3.63, 3.8) is 0 Å². The Morgan fingerprint density at radius 2 is 2.07 bits per heavy atom. The van der Waals surface area contributed by atoms with Crippen LogP contribution in [0, 0.1) is 6.92 Å². The van der Waals surface area contributed by atoms with E-state index in [4.69, 9.17) is 4.74 Å². The second kappa shape index (κ2) is 7.47. The zero-order valence-corrected chi connectivity index (χ0v) is 16.4. The number of carbonyl (C=O) groups excluding carboxylic acids is 1. The maximum atomic E-state index is 12.6. The van der Waals surface area contributed by atoms with Gasteiger partial charge in [-0.3, -0.25) is 10.3 Å². The third kappa shape index (κ3) is 3.43. The number of hydrogen-bond acceptors (Lipinski definition) is 5. The molecule has 0 saturated carbocycles. The molecule has 0 radical (unpaired) electrons. The van der Waals surface area contributed by atoms with Gasteiger partial charge in [0, 0.05) is 29.3 Å². The van der Waals surface area contributed by atoms with Crippen molar-refractivity contribution < 1.29 is 9.53 Å². The van der Waals surface area contributed by atoms with Crippen LogP contribution in [0.15, 0.2) is 61.1 Å². The van der Waals surface area contributed by atoms with E-state index in [0.717, 1.165) is 40.0 Å². The number of pyridine rings is 2. The maximum Gasteiger partial charge on any atom is 0.320 e. The zero-order valence-electron chi connectivity index (χ0n) is 16.4. The molecule has 1 aromatic carbocycles. The zero-order chi connectivity index (χ0) is 20.5. The molecule has 2 amide bonds. The molecule has 1 aliphatic rings. The van der Waals surface area contributed by atoms with Gasteiger partial charge in [0.25, 0.3) is 0 Å². The summed E-state index contributed by atoms with van der Waals surface area (Å²) in [7, 11) is 0. The van der Waals surface area contributed by atoms with Gasteiger partial charge < -0.3 is 10.1 Å².